The molecule has 0 radical (unpaired) electrons. The van der Waals surface area contributed by atoms with Gasteiger partial charge in [0.1, 0.15) is 43.0 Å². The molecule has 103 heavy (non-hydrogen) atoms. The summed E-state index contributed by atoms with van der Waals surface area (Å²) in [5.41, 5.74) is 4.40. The summed E-state index contributed by atoms with van der Waals surface area (Å²) in [6.07, 6.45) is -0.00279. The fourth-order valence-corrected chi connectivity index (χ4v) is 11.9. The molecule has 3 amide bonds. The van der Waals surface area contributed by atoms with Gasteiger partial charge in [-0.25, -0.2) is 28.8 Å². The number of hydrogen-bond acceptors (Lipinski definition) is 21. The smallest absolute Gasteiger partial charge is 0.410 e. The van der Waals surface area contributed by atoms with Crippen LogP contribution in [-0.2, 0) is 107 Å². The highest BCUT2D eigenvalue weighted by atomic mass is 16.6. The molecule has 0 unspecified atom stereocenters. The molecule has 2 saturated heterocycles. The first-order chi connectivity index (χ1) is 49.1. The van der Waals surface area contributed by atoms with Gasteiger partial charge < -0.3 is 67.5 Å². The molecule has 8 rings (SSSR count). The number of hydrogen-bond donors (Lipinski definition) is 1. The highest BCUT2D eigenvalue weighted by Crippen LogP contribution is 2.36. The lowest BCUT2D eigenvalue weighted by Gasteiger charge is -2.33. The zero-order valence-electron chi connectivity index (χ0n) is 62.5. The molecule has 4 aliphatic rings. The van der Waals surface area contributed by atoms with Gasteiger partial charge in [-0.1, -0.05) is 138 Å². The number of rotatable bonds is 34. The summed E-state index contributed by atoms with van der Waals surface area (Å²) in [4.78, 5) is 130. The number of likely N-dealkylation sites (N-methyl/N-ethyl adjacent to an activating group) is 4. The van der Waals surface area contributed by atoms with Gasteiger partial charge in [-0.05, 0) is 138 Å². The maximum Gasteiger partial charge on any atom is 0.410 e. The van der Waals surface area contributed by atoms with E-state index in [1.807, 2.05) is 137 Å². The summed E-state index contributed by atoms with van der Waals surface area (Å²) in [5, 5.41) is 3.04. The van der Waals surface area contributed by atoms with E-state index in [0.717, 1.165) is 85.5 Å². The van der Waals surface area contributed by atoms with Gasteiger partial charge in [0.2, 0.25) is 0 Å². The van der Waals surface area contributed by atoms with Crippen LogP contribution in [0.25, 0.3) is 0 Å². The largest absolute Gasteiger partial charge is 0.458 e. The molecule has 564 valence electrons. The van der Waals surface area contributed by atoms with E-state index < -0.39 is 108 Å². The molecule has 24 nitrogen and oxygen atoms in total. The second kappa shape index (κ2) is 39.9. The number of carbonyl (C=O) groups excluding carboxylic acids is 9. The number of benzene rings is 4. The topological polar surface area (TPSA) is 265 Å². The maximum absolute atomic E-state index is 14.5. The number of nitrogens with one attached hydrogen (secondary N) is 1. The number of amides is 3. The minimum absolute atomic E-state index is 0.0102. The summed E-state index contributed by atoms with van der Waals surface area (Å²) in [5.74, 6) is -4.66. The van der Waals surface area contributed by atoms with Gasteiger partial charge in [-0.2, -0.15) is 0 Å². The van der Waals surface area contributed by atoms with Crippen molar-refractivity contribution in [2.75, 3.05) is 90.6 Å². The molecule has 8 atom stereocenters. The molecule has 2 aliphatic carbocycles. The fourth-order valence-electron chi connectivity index (χ4n) is 11.9. The normalized spacial score (nSPS) is 16.9. The Kier molecular flexibility index (Phi) is 31.6. The Bertz CT molecular complexity index is 3370. The molecule has 4 fully saturated rings. The molecule has 2 saturated carbocycles. The van der Waals surface area contributed by atoms with E-state index in [2.05, 4.69) is 15.1 Å². The molecule has 0 aromatic heterocycles. The molecule has 24 heteroatoms. The van der Waals surface area contributed by atoms with E-state index in [9.17, 15) is 43.2 Å². The van der Waals surface area contributed by atoms with Crippen LogP contribution in [0.5, 0.6) is 0 Å². The summed E-state index contributed by atoms with van der Waals surface area (Å²) in [6.45, 7) is 21.5. The van der Waals surface area contributed by atoms with Crippen LogP contribution in [0.15, 0.2) is 109 Å². The number of nitrogens with zero attached hydrogens (tertiary/aromatic N) is 5. The first kappa shape index (κ1) is 81.7. The average Bonchev–Trinajstić information content (AvgIpc) is 1.45. The average molecular weight is 1430 g/mol. The van der Waals surface area contributed by atoms with Crippen LogP contribution in [-0.4, -0.2) is 203 Å². The van der Waals surface area contributed by atoms with Gasteiger partial charge in [-0.15, -0.1) is 0 Å². The van der Waals surface area contributed by atoms with Crippen molar-refractivity contribution in [3.05, 3.63) is 131 Å². The third-order valence-electron chi connectivity index (χ3n) is 18.4. The second-order valence-electron chi connectivity index (χ2n) is 29.1. The standard InChI is InChI=1S/C42H59N3O10.C37H51N3O8/c1-28(2)24-34(39(48)53-29(3)38(47)52-27-32-12-10-9-11-13-32)43(7)37(46)36(26-31-16-18-33(19-17-31)45-20-22-51-23-21-45)54-40(49)35(25-30-14-15-30)44(8)41(50)55-42(4,5)6;1-25(2)21-32(37(44)47-26(3)35(42)46-24-29-9-7-6-8-10-29)39(5)34(41)33(48-36(43)31(38-4)22-27-11-12-27)23-28-13-15-30(16-14-28)40-17-19-45-20-18-40/h9-13,16-19,28-30,34-36H,14-15,20-27H2,1-8H3;6-10,13-16,25-27,31-33,38H,11-12,17-24H2,1-5H3/t29-,34+,35+,36-;26-,31+,32+,33-/m11/s1. The number of anilines is 2. The van der Waals surface area contributed by atoms with Gasteiger partial charge in [0, 0.05) is 71.5 Å². The van der Waals surface area contributed by atoms with Crippen molar-refractivity contribution in [3.63, 3.8) is 0 Å². The fraction of sp³-hybridized carbons (Fsp3) is 0.582. The lowest BCUT2D eigenvalue weighted by Crippen LogP contribution is -2.52. The summed E-state index contributed by atoms with van der Waals surface area (Å²) in [7, 11) is 6.18. The summed E-state index contributed by atoms with van der Waals surface area (Å²) in [6, 6.07) is 30.2. The van der Waals surface area contributed by atoms with Crippen molar-refractivity contribution in [1.82, 2.24) is 20.0 Å². The van der Waals surface area contributed by atoms with E-state index in [1.54, 1.807) is 27.8 Å². The van der Waals surface area contributed by atoms with Gasteiger partial charge in [0.15, 0.2) is 24.4 Å². The van der Waals surface area contributed by atoms with Crippen LogP contribution in [0.4, 0.5) is 16.2 Å². The highest BCUT2D eigenvalue weighted by Gasteiger charge is 2.42. The van der Waals surface area contributed by atoms with Crippen LogP contribution in [0, 0.1) is 23.7 Å². The molecular formula is C79H110N6O18. The molecule has 4 aromatic carbocycles. The first-order valence-corrected chi connectivity index (χ1v) is 36.3. The molecule has 2 heterocycles. The lowest BCUT2D eigenvalue weighted by molar-refractivity contribution is -0.174. The first-order valence-electron chi connectivity index (χ1n) is 36.3. The Morgan fingerprint density at radius 3 is 1.19 bits per heavy atom. The second-order valence-corrected chi connectivity index (χ2v) is 29.1. The zero-order valence-corrected chi connectivity index (χ0v) is 62.5. The summed E-state index contributed by atoms with van der Waals surface area (Å²) < 4.78 is 50.4. The van der Waals surface area contributed by atoms with Crippen molar-refractivity contribution in [2.45, 2.75) is 194 Å². The maximum atomic E-state index is 14.5. The van der Waals surface area contributed by atoms with E-state index in [1.165, 1.54) is 49.7 Å². The number of morpholine rings is 2. The van der Waals surface area contributed by atoms with E-state index in [4.69, 9.17) is 42.6 Å². The van der Waals surface area contributed by atoms with Crippen LogP contribution in [0.3, 0.4) is 0 Å². The van der Waals surface area contributed by atoms with Crippen molar-refractivity contribution < 1.29 is 85.8 Å². The van der Waals surface area contributed by atoms with Crippen LogP contribution < -0.4 is 15.1 Å². The van der Waals surface area contributed by atoms with Crippen molar-refractivity contribution in [3.8, 4) is 0 Å². The quantitative estimate of drug-likeness (QED) is 0.0337. The predicted octanol–water partition coefficient (Wildman–Crippen LogP) is 9.48. The summed E-state index contributed by atoms with van der Waals surface area (Å²) >= 11 is 0. The Morgan fingerprint density at radius 1 is 0.466 bits per heavy atom. The minimum atomic E-state index is -1.35. The Balaban J connectivity index is 0.000000291. The van der Waals surface area contributed by atoms with E-state index in [-0.39, 0.29) is 56.7 Å². The lowest BCUT2D eigenvalue weighted by atomic mass is 10.0. The zero-order chi connectivity index (χ0) is 74.9. The predicted molar refractivity (Wildman–Crippen MR) is 387 cm³/mol. The van der Waals surface area contributed by atoms with Gasteiger partial charge in [-0.3, -0.25) is 19.3 Å². The molecule has 0 spiro atoms. The molecular weight excluding hydrogens is 1320 g/mol. The minimum Gasteiger partial charge on any atom is -0.458 e. The third kappa shape index (κ3) is 26.9. The van der Waals surface area contributed by atoms with E-state index in [0.29, 0.717) is 45.2 Å². The van der Waals surface area contributed by atoms with Gasteiger partial charge in [0.05, 0.1) is 26.4 Å². The Hall–Kier alpha value is -8.61. The van der Waals surface area contributed by atoms with Gasteiger partial charge in [0.25, 0.3) is 11.8 Å². The van der Waals surface area contributed by atoms with Crippen LogP contribution >= 0.6 is 0 Å². The van der Waals surface area contributed by atoms with Crippen molar-refractivity contribution >= 4 is 65.1 Å². The van der Waals surface area contributed by atoms with Gasteiger partial charge >= 0.3 is 41.9 Å². The molecule has 0 bridgehead atoms. The highest BCUT2D eigenvalue weighted by molar-refractivity contribution is 5.92. The van der Waals surface area contributed by atoms with Crippen molar-refractivity contribution in [1.29, 1.82) is 0 Å². The SMILES string of the molecule is CC(C)C[C@@H](C(=O)O[C@H](C)C(=O)OCc1ccccc1)N(C)C(=O)[C@@H](Cc1ccc(N2CCOCC2)cc1)OC(=O)[C@H](CC1CC1)N(C)C(=O)OC(C)(C)C.CN[C@@H](CC1CC1)C(=O)O[C@H](Cc1ccc(N2CCOCC2)cc1)C(=O)N(C)[C@@H](CC(C)C)C(=O)O[C@H](C)C(=O)OCc1ccccc1. The van der Waals surface area contributed by atoms with Crippen LogP contribution in [0.1, 0.15) is 136 Å². The monoisotopic (exact) mass is 1430 g/mol. The number of carbonyl (C=O) groups is 9. The molecule has 2 aliphatic heterocycles. The third-order valence-corrected chi connectivity index (χ3v) is 18.4. The Labute approximate surface area is 607 Å². The van der Waals surface area contributed by atoms with Crippen LogP contribution in [0.2, 0.25) is 0 Å². The Morgan fingerprint density at radius 2 is 0.835 bits per heavy atom. The molecule has 1 N–H and O–H groups in total. The number of esters is 6. The van der Waals surface area contributed by atoms with E-state index >= 15 is 0 Å². The number of ether oxygens (including phenoxy) is 9. The molecule has 4 aromatic rings. The van der Waals surface area contributed by atoms with Crippen molar-refractivity contribution in [2.24, 2.45) is 23.7 Å².